The molecule has 7 atom stereocenters. The fourth-order valence-corrected chi connectivity index (χ4v) is 7.88. The summed E-state index contributed by atoms with van der Waals surface area (Å²) >= 11 is 8.05. The zero-order valence-corrected chi connectivity index (χ0v) is 34.0. The quantitative estimate of drug-likeness (QED) is 0.0416. The average molecular weight is 866 g/mol. The minimum absolute atomic E-state index is 0.0332. The standard InChI is InChI=1S/C35H51N11O11S2/c36-27(48)8-7-20(41-31(52)24-4-1-10-45(24)33(54)21(12-19-13-37-17-39-19)42-30(51)22(15-58)40-18-47)29(50)38-14-28(49)44-9-3-6-26(44)34(55)46-11-2-5-25(46)32(53)43-23(16-59)35(56)57/h13,17-18,20-26,58-59H,1-12,14-16H2,(H2,36,48)(H,37,39)(H,38,50)(H,40,47)(H,41,52)(H,42,51)(H,43,53)(H,56,57)/t20-,21-,22-,23-,24-,25-,26-/m0/s1. The average Bonchev–Trinajstić information content (AvgIpc) is 4.06. The van der Waals surface area contributed by atoms with Gasteiger partial charge in [0.25, 0.3) is 0 Å². The second-order valence-corrected chi connectivity index (χ2v) is 15.1. The number of hydrogen-bond donors (Lipinski definition) is 10. The third-order valence-electron chi connectivity index (χ3n) is 10.4. The van der Waals surface area contributed by atoms with Gasteiger partial charge in [0, 0.05) is 55.9 Å². The van der Waals surface area contributed by atoms with E-state index in [1.54, 1.807) is 0 Å². The van der Waals surface area contributed by atoms with Crippen molar-refractivity contribution in [1.29, 1.82) is 0 Å². The molecule has 0 aromatic carbocycles. The predicted octanol–water partition coefficient (Wildman–Crippen LogP) is -4.18. The van der Waals surface area contributed by atoms with Crippen molar-refractivity contribution >= 4 is 84.9 Å². The maximum Gasteiger partial charge on any atom is 0.327 e. The van der Waals surface area contributed by atoms with Crippen LogP contribution < -0.4 is 32.3 Å². The molecular weight excluding hydrogens is 815 g/mol. The second kappa shape index (κ2) is 22.1. The Bertz CT molecular complexity index is 1740. The first-order valence-corrected chi connectivity index (χ1v) is 20.5. The van der Waals surface area contributed by atoms with E-state index in [1.807, 2.05) is 0 Å². The van der Waals surface area contributed by atoms with Gasteiger partial charge in [-0.15, -0.1) is 0 Å². The first-order chi connectivity index (χ1) is 28.2. The van der Waals surface area contributed by atoms with Crippen LogP contribution in [0, 0.1) is 0 Å². The molecule has 0 bridgehead atoms. The number of primary amides is 1. The van der Waals surface area contributed by atoms with Crippen molar-refractivity contribution in [2.45, 2.75) is 100 Å². The molecular formula is C35H51N11O11S2. The summed E-state index contributed by atoms with van der Waals surface area (Å²) in [5, 5.41) is 21.7. The molecule has 1 aromatic rings. The van der Waals surface area contributed by atoms with Crippen LogP contribution in [-0.2, 0) is 54.4 Å². The molecule has 4 heterocycles. The number of aromatic nitrogens is 2. The molecule has 324 valence electrons. The molecule has 1 aromatic heterocycles. The summed E-state index contributed by atoms with van der Waals surface area (Å²) in [7, 11) is 0. The Hall–Kier alpha value is -5.39. The smallest absolute Gasteiger partial charge is 0.327 e. The number of carbonyl (C=O) groups is 10. The summed E-state index contributed by atoms with van der Waals surface area (Å²) in [4.78, 5) is 139. The molecule has 3 fully saturated rings. The fourth-order valence-electron chi connectivity index (χ4n) is 7.37. The van der Waals surface area contributed by atoms with Crippen LogP contribution >= 0.6 is 25.3 Å². The molecule has 0 radical (unpaired) electrons. The number of rotatable bonds is 21. The van der Waals surface area contributed by atoms with Gasteiger partial charge >= 0.3 is 5.97 Å². The number of nitrogens with two attached hydrogens (primary N) is 1. The SMILES string of the molecule is NC(=O)CC[C@H](NC(=O)[C@@H]1CCCN1C(=O)[C@H](Cc1cnc[nH]1)NC(=O)[C@H](CS)NC=O)C(=O)NCC(=O)N1CCC[C@H]1C(=O)N1CCC[C@H]1C(=O)N[C@@H](CS)C(=O)O. The lowest BCUT2D eigenvalue weighted by atomic mass is 10.1. The molecule has 0 saturated carbocycles. The summed E-state index contributed by atoms with van der Waals surface area (Å²) in [5.74, 6) is -6.83. The number of nitrogens with zero attached hydrogens (tertiary/aromatic N) is 4. The van der Waals surface area contributed by atoms with Gasteiger partial charge in [-0.2, -0.15) is 25.3 Å². The lowest BCUT2D eigenvalue weighted by Gasteiger charge is -2.31. The van der Waals surface area contributed by atoms with Gasteiger partial charge in [0.1, 0.15) is 42.3 Å². The van der Waals surface area contributed by atoms with Crippen molar-refractivity contribution in [1.82, 2.24) is 51.3 Å². The molecule has 9 N–H and O–H groups in total. The highest BCUT2D eigenvalue weighted by atomic mass is 32.1. The maximum atomic E-state index is 14.0. The molecule has 0 spiro atoms. The largest absolute Gasteiger partial charge is 0.480 e. The van der Waals surface area contributed by atoms with Crippen LogP contribution in [0.25, 0.3) is 0 Å². The van der Waals surface area contributed by atoms with E-state index in [9.17, 15) is 53.1 Å². The van der Waals surface area contributed by atoms with E-state index >= 15 is 0 Å². The number of hydrogen-bond acceptors (Lipinski definition) is 13. The lowest BCUT2D eigenvalue weighted by Crippen LogP contribution is -2.58. The van der Waals surface area contributed by atoms with E-state index in [2.05, 4.69) is 61.8 Å². The summed E-state index contributed by atoms with van der Waals surface area (Å²) in [6.45, 7) is -0.0226. The Morgan fingerprint density at radius 2 is 1.41 bits per heavy atom. The van der Waals surface area contributed by atoms with Crippen LogP contribution in [-0.4, -0.2) is 169 Å². The number of nitrogens with one attached hydrogen (secondary N) is 6. The van der Waals surface area contributed by atoms with Gasteiger partial charge in [-0.3, -0.25) is 43.2 Å². The third-order valence-corrected chi connectivity index (χ3v) is 11.2. The van der Waals surface area contributed by atoms with Gasteiger partial charge in [0.15, 0.2) is 0 Å². The van der Waals surface area contributed by atoms with Gasteiger partial charge in [0.2, 0.25) is 53.7 Å². The van der Waals surface area contributed by atoms with E-state index in [1.165, 1.54) is 27.2 Å². The van der Waals surface area contributed by atoms with Gasteiger partial charge in [-0.05, 0) is 44.9 Å². The lowest BCUT2D eigenvalue weighted by molar-refractivity contribution is -0.147. The molecule has 9 amide bonds. The fraction of sp³-hybridized carbons (Fsp3) is 0.629. The molecule has 0 unspecified atom stereocenters. The van der Waals surface area contributed by atoms with Gasteiger partial charge in [-0.1, -0.05) is 0 Å². The van der Waals surface area contributed by atoms with Crippen LogP contribution in [0.3, 0.4) is 0 Å². The molecule has 59 heavy (non-hydrogen) atoms. The number of H-pyrrole nitrogens is 1. The van der Waals surface area contributed by atoms with E-state index in [4.69, 9.17) is 5.73 Å². The van der Waals surface area contributed by atoms with Crippen molar-refractivity contribution in [2.75, 3.05) is 37.7 Å². The van der Waals surface area contributed by atoms with Gasteiger partial charge in [-0.25, -0.2) is 9.78 Å². The maximum absolute atomic E-state index is 14.0. The number of carbonyl (C=O) groups excluding carboxylic acids is 9. The molecule has 24 heteroatoms. The molecule has 3 aliphatic heterocycles. The zero-order valence-electron chi connectivity index (χ0n) is 32.2. The number of carboxylic acid groups (broad SMARTS) is 1. The first-order valence-electron chi connectivity index (χ1n) is 19.2. The highest BCUT2D eigenvalue weighted by Gasteiger charge is 2.43. The number of imidazole rings is 1. The van der Waals surface area contributed by atoms with E-state index in [-0.39, 0.29) is 56.8 Å². The van der Waals surface area contributed by atoms with E-state index in [0.717, 1.165) is 0 Å². The highest BCUT2D eigenvalue weighted by molar-refractivity contribution is 7.80. The minimum Gasteiger partial charge on any atom is -0.480 e. The van der Waals surface area contributed by atoms with Crippen molar-refractivity contribution in [3.63, 3.8) is 0 Å². The Labute approximate surface area is 350 Å². The van der Waals surface area contributed by atoms with E-state index in [0.29, 0.717) is 44.2 Å². The second-order valence-electron chi connectivity index (χ2n) is 14.4. The molecule has 22 nitrogen and oxygen atoms in total. The summed E-state index contributed by atoms with van der Waals surface area (Å²) in [6.07, 6.45) is 4.76. The van der Waals surface area contributed by atoms with E-state index < -0.39 is 102 Å². The topological polar surface area (TPSA) is 316 Å². The monoisotopic (exact) mass is 865 g/mol. The van der Waals surface area contributed by atoms with Crippen LogP contribution in [0.4, 0.5) is 0 Å². The number of thiol groups is 2. The molecule has 4 rings (SSSR count). The minimum atomic E-state index is -1.36. The predicted molar refractivity (Wildman–Crippen MR) is 212 cm³/mol. The summed E-state index contributed by atoms with van der Waals surface area (Å²) in [6, 6.07) is -7.79. The third kappa shape index (κ3) is 12.3. The molecule has 0 aliphatic carbocycles. The summed E-state index contributed by atoms with van der Waals surface area (Å²) < 4.78 is 0. The van der Waals surface area contributed by atoms with Gasteiger partial charge in [0.05, 0.1) is 12.9 Å². The summed E-state index contributed by atoms with van der Waals surface area (Å²) in [5.41, 5.74) is 5.85. The van der Waals surface area contributed by atoms with Crippen molar-refractivity contribution in [3.8, 4) is 0 Å². The van der Waals surface area contributed by atoms with Crippen LogP contribution in [0.1, 0.15) is 57.1 Å². The number of aromatic amines is 1. The number of aliphatic carboxylic acids is 1. The Kier molecular flexibility index (Phi) is 17.4. The molecule has 3 saturated heterocycles. The van der Waals surface area contributed by atoms with Crippen molar-refractivity contribution in [3.05, 3.63) is 18.2 Å². The number of likely N-dealkylation sites (tertiary alicyclic amines) is 3. The van der Waals surface area contributed by atoms with Crippen molar-refractivity contribution in [2.24, 2.45) is 5.73 Å². The number of carboxylic acids is 1. The van der Waals surface area contributed by atoms with Gasteiger partial charge < -0.3 is 57.1 Å². The van der Waals surface area contributed by atoms with Crippen molar-refractivity contribution < 1.29 is 53.1 Å². The normalized spacial score (nSPS) is 20.8. The highest BCUT2D eigenvalue weighted by Crippen LogP contribution is 2.25. The number of amides is 9. The van der Waals surface area contributed by atoms with Crippen LogP contribution in [0.2, 0.25) is 0 Å². The molecule has 3 aliphatic rings. The Balaban J connectivity index is 1.40. The zero-order chi connectivity index (χ0) is 43.2. The first kappa shape index (κ1) is 46.3. The van der Waals surface area contributed by atoms with Crippen LogP contribution in [0.15, 0.2) is 12.5 Å². The Morgan fingerprint density at radius 1 is 0.814 bits per heavy atom. The Morgan fingerprint density at radius 3 is 1.98 bits per heavy atom. The van der Waals surface area contributed by atoms with Crippen LogP contribution in [0.5, 0.6) is 0 Å².